The van der Waals surface area contributed by atoms with Gasteiger partial charge in [-0.05, 0) is 63.0 Å². The molecule has 2 N–H and O–H groups in total. The topological polar surface area (TPSA) is 88.0 Å². The Morgan fingerprint density at radius 3 is 2.77 bits per heavy atom. The third kappa shape index (κ3) is 6.05. The number of nitrogens with one attached hydrogen (secondary N) is 2. The van der Waals surface area contributed by atoms with Crippen molar-refractivity contribution in [2.45, 2.75) is 52.9 Å². The van der Waals surface area contributed by atoms with Crippen LogP contribution in [0.4, 0.5) is 5.69 Å². The maximum absolute atomic E-state index is 13.0. The first-order valence-electron chi connectivity index (χ1n) is 12.1. The number of hydrogen-bond donors (Lipinski definition) is 2. The van der Waals surface area contributed by atoms with Gasteiger partial charge in [-0.15, -0.1) is 11.3 Å². The van der Waals surface area contributed by atoms with Crippen molar-refractivity contribution in [3.63, 3.8) is 0 Å². The van der Waals surface area contributed by atoms with Crippen molar-refractivity contribution < 1.29 is 4.79 Å². The summed E-state index contributed by atoms with van der Waals surface area (Å²) >= 11 is 7.14. The fourth-order valence-electron chi connectivity index (χ4n) is 4.12. The Morgan fingerprint density at radius 1 is 1.31 bits per heavy atom. The standard InChI is InChI=1S/C25H33N7OS2/c1-5-16(2)14-27-25(34)31-11-8-19(9-12-31)24-29-21(15-35-24)23(33)28-20-7-6-10-26-22(20)32-18(4)13-17(3)30-32/h6-7,10,13,15-16,19H,5,8-9,11-12,14H2,1-4H3,(H,27,34)(H,28,33). The van der Waals surface area contributed by atoms with Crippen LogP contribution in [0.3, 0.4) is 0 Å². The van der Waals surface area contributed by atoms with E-state index in [1.807, 2.05) is 31.4 Å². The van der Waals surface area contributed by atoms with Crippen LogP contribution >= 0.6 is 23.6 Å². The van der Waals surface area contributed by atoms with Crippen LogP contribution in [0.15, 0.2) is 29.8 Å². The van der Waals surface area contributed by atoms with Crippen LogP contribution in [0.5, 0.6) is 0 Å². The summed E-state index contributed by atoms with van der Waals surface area (Å²) in [6.45, 7) is 11.0. The highest BCUT2D eigenvalue weighted by molar-refractivity contribution is 7.80. The lowest BCUT2D eigenvalue weighted by Crippen LogP contribution is -2.45. The van der Waals surface area contributed by atoms with E-state index in [1.165, 1.54) is 0 Å². The summed E-state index contributed by atoms with van der Waals surface area (Å²) in [7, 11) is 0. The monoisotopic (exact) mass is 511 g/mol. The number of amides is 1. The quantitative estimate of drug-likeness (QED) is 0.445. The molecule has 0 saturated carbocycles. The first kappa shape index (κ1) is 25.2. The lowest BCUT2D eigenvalue weighted by molar-refractivity contribution is 0.102. The average Bonchev–Trinajstić information content (AvgIpc) is 3.49. The molecule has 35 heavy (non-hydrogen) atoms. The third-order valence-corrected chi connectivity index (χ3v) is 7.84. The molecule has 1 saturated heterocycles. The second kappa shape index (κ2) is 11.3. The molecular formula is C25H33N7OS2. The Labute approximate surface area is 216 Å². The highest BCUT2D eigenvalue weighted by Gasteiger charge is 2.25. The molecule has 0 spiro atoms. The number of nitrogens with zero attached hydrogens (tertiary/aromatic N) is 5. The van der Waals surface area contributed by atoms with Gasteiger partial charge in [0.05, 0.1) is 16.4 Å². The largest absolute Gasteiger partial charge is 0.362 e. The number of rotatable bonds is 7. The second-order valence-corrected chi connectivity index (χ2v) is 10.5. The predicted molar refractivity (Wildman–Crippen MR) is 145 cm³/mol. The Hall–Kier alpha value is -2.85. The normalized spacial score (nSPS) is 15.1. The smallest absolute Gasteiger partial charge is 0.275 e. The van der Waals surface area contributed by atoms with Crippen molar-refractivity contribution in [1.82, 2.24) is 30.0 Å². The van der Waals surface area contributed by atoms with Gasteiger partial charge in [-0.1, -0.05) is 20.3 Å². The predicted octanol–water partition coefficient (Wildman–Crippen LogP) is 4.69. The van der Waals surface area contributed by atoms with Gasteiger partial charge >= 0.3 is 0 Å². The van der Waals surface area contributed by atoms with Gasteiger partial charge in [-0.3, -0.25) is 4.79 Å². The Morgan fingerprint density at radius 2 is 2.09 bits per heavy atom. The number of aromatic nitrogens is 4. The summed E-state index contributed by atoms with van der Waals surface area (Å²) in [5.41, 5.74) is 2.88. The number of aryl methyl sites for hydroxylation is 2. The molecule has 1 amide bonds. The number of thiocarbonyl (C=S) groups is 1. The molecule has 10 heteroatoms. The zero-order valence-corrected chi connectivity index (χ0v) is 22.4. The molecule has 1 aliphatic rings. The highest BCUT2D eigenvalue weighted by atomic mass is 32.1. The molecule has 1 unspecified atom stereocenters. The Bertz CT molecular complexity index is 1180. The van der Waals surface area contributed by atoms with Gasteiger partial charge in [0.15, 0.2) is 10.9 Å². The van der Waals surface area contributed by atoms with E-state index in [2.05, 4.69) is 39.5 Å². The van der Waals surface area contributed by atoms with Crippen LogP contribution < -0.4 is 10.6 Å². The van der Waals surface area contributed by atoms with Crippen molar-refractivity contribution in [2.75, 3.05) is 25.0 Å². The van der Waals surface area contributed by atoms with Gasteiger partial charge < -0.3 is 15.5 Å². The first-order valence-corrected chi connectivity index (χ1v) is 13.4. The van der Waals surface area contributed by atoms with Crippen molar-refractivity contribution >= 4 is 40.3 Å². The van der Waals surface area contributed by atoms with E-state index in [0.717, 1.165) is 60.4 Å². The van der Waals surface area contributed by atoms with Gasteiger partial charge in [-0.2, -0.15) is 5.10 Å². The molecule has 1 atom stereocenters. The molecule has 3 aromatic rings. The maximum atomic E-state index is 13.0. The molecule has 8 nitrogen and oxygen atoms in total. The van der Waals surface area contributed by atoms with Gasteiger partial charge in [0.25, 0.3) is 5.91 Å². The van der Waals surface area contributed by atoms with Gasteiger partial charge in [0.1, 0.15) is 5.69 Å². The van der Waals surface area contributed by atoms with Crippen LogP contribution in [0.2, 0.25) is 0 Å². The lowest BCUT2D eigenvalue weighted by atomic mass is 9.98. The number of thiazole rings is 1. The van der Waals surface area contributed by atoms with Crippen LogP contribution in [0, 0.1) is 19.8 Å². The second-order valence-electron chi connectivity index (χ2n) is 9.20. The SMILES string of the molecule is CCC(C)CNC(=S)N1CCC(c2nc(C(=O)Nc3cccnc3-n3nc(C)cc3C)cs2)CC1. The van der Waals surface area contributed by atoms with Gasteiger partial charge in [0.2, 0.25) is 0 Å². The number of likely N-dealkylation sites (tertiary alicyclic amines) is 1. The molecule has 0 bridgehead atoms. The summed E-state index contributed by atoms with van der Waals surface area (Å²) in [6.07, 6.45) is 4.79. The minimum atomic E-state index is -0.240. The molecule has 3 aromatic heterocycles. The fourth-order valence-corrected chi connectivity index (χ4v) is 5.36. The van der Waals surface area contributed by atoms with Gasteiger partial charge in [-0.25, -0.2) is 14.6 Å². The summed E-state index contributed by atoms with van der Waals surface area (Å²) in [4.78, 5) is 24.4. The maximum Gasteiger partial charge on any atom is 0.275 e. The zero-order chi connectivity index (χ0) is 24.9. The average molecular weight is 512 g/mol. The zero-order valence-electron chi connectivity index (χ0n) is 20.7. The minimum absolute atomic E-state index is 0.240. The molecule has 1 fully saturated rings. The Balaban J connectivity index is 1.37. The number of pyridine rings is 1. The van der Waals surface area contributed by atoms with Crippen molar-refractivity contribution in [1.29, 1.82) is 0 Å². The lowest BCUT2D eigenvalue weighted by Gasteiger charge is -2.33. The highest BCUT2D eigenvalue weighted by Crippen LogP contribution is 2.31. The summed E-state index contributed by atoms with van der Waals surface area (Å²) in [5.74, 6) is 1.31. The molecular weight excluding hydrogens is 478 g/mol. The van der Waals surface area contributed by atoms with E-state index in [-0.39, 0.29) is 5.91 Å². The number of hydrogen-bond acceptors (Lipinski definition) is 6. The van der Waals surface area contributed by atoms with E-state index >= 15 is 0 Å². The van der Waals surface area contributed by atoms with E-state index in [9.17, 15) is 4.79 Å². The molecule has 4 heterocycles. The van der Waals surface area contributed by atoms with Crippen LogP contribution in [0.1, 0.15) is 65.9 Å². The number of carbonyl (C=O) groups excluding carboxylic acids is 1. The van der Waals surface area contributed by atoms with Gasteiger partial charge in [0, 0.05) is 42.8 Å². The number of anilines is 1. The number of carbonyl (C=O) groups is 1. The third-order valence-electron chi connectivity index (χ3n) is 6.43. The van der Waals surface area contributed by atoms with E-state index in [1.54, 1.807) is 28.3 Å². The minimum Gasteiger partial charge on any atom is -0.362 e. The van der Waals surface area contributed by atoms with Crippen LogP contribution in [-0.2, 0) is 0 Å². The first-order chi connectivity index (χ1) is 16.9. The Kier molecular flexibility index (Phi) is 8.12. The van der Waals surface area contributed by atoms with Crippen molar-refractivity contribution in [2.24, 2.45) is 5.92 Å². The number of piperidine rings is 1. The molecule has 0 radical (unpaired) electrons. The summed E-state index contributed by atoms with van der Waals surface area (Å²) in [6, 6.07) is 5.61. The van der Waals surface area contributed by atoms with Crippen LogP contribution in [-0.4, -0.2) is 55.3 Å². The summed E-state index contributed by atoms with van der Waals surface area (Å²) in [5, 5.41) is 14.6. The summed E-state index contributed by atoms with van der Waals surface area (Å²) < 4.78 is 1.74. The molecule has 0 aromatic carbocycles. The molecule has 186 valence electrons. The van der Waals surface area contributed by atoms with Crippen LogP contribution in [0.25, 0.3) is 5.82 Å². The molecule has 0 aliphatic carbocycles. The molecule has 1 aliphatic heterocycles. The van der Waals surface area contributed by atoms with Crippen molar-refractivity contribution in [3.8, 4) is 5.82 Å². The molecule has 4 rings (SSSR count). The van der Waals surface area contributed by atoms with Crippen molar-refractivity contribution in [3.05, 3.63) is 51.9 Å². The van der Waals surface area contributed by atoms with E-state index in [0.29, 0.717) is 29.0 Å². The fraction of sp³-hybridized carbons (Fsp3) is 0.480. The van der Waals surface area contributed by atoms with E-state index in [4.69, 9.17) is 17.2 Å². The van der Waals surface area contributed by atoms with E-state index < -0.39 is 0 Å².